The highest BCUT2D eigenvalue weighted by atomic mass is 16.5. The Balaban J connectivity index is 1.73. The number of nitrogens with zero attached hydrogens (tertiary/aromatic N) is 5. The van der Waals surface area contributed by atoms with Crippen molar-refractivity contribution in [2.75, 3.05) is 7.11 Å². The van der Waals surface area contributed by atoms with Gasteiger partial charge in [-0.1, -0.05) is 6.07 Å². The molecule has 3 aromatic rings. The van der Waals surface area contributed by atoms with Crippen molar-refractivity contribution in [3.8, 4) is 5.75 Å². The van der Waals surface area contributed by atoms with Gasteiger partial charge in [0.05, 0.1) is 20.2 Å². The van der Waals surface area contributed by atoms with Crippen molar-refractivity contribution in [1.82, 2.24) is 29.9 Å². The summed E-state index contributed by atoms with van der Waals surface area (Å²) in [6, 6.07) is 8.36. The zero-order valence-corrected chi connectivity index (χ0v) is 14.2. The van der Waals surface area contributed by atoms with Crippen molar-refractivity contribution < 1.29 is 4.74 Å². The molecule has 0 fully saturated rings. The molecule has 0 amide bonds. The van der Waals surface area contributed by atoms with E-state index in [0.717, 1.165) is 17.1 Å². The topological polar surface area (TPSA) is 69.8 Å². The number of aromatic nitrogens is 5. The standard InChI is InChI=1S/C17H22N6O/c1-13(18-10-17-19-12-21-22(17)2)14-5-6-16(24-3)15(9-14)11-23-8-4-7-20-23/h4-9,12-13,18H,10-11H2,1-3H3/t13-/m1/s1. The molecule has 7 heteroatoms. The Morgan fingerprint density at radius 2 is 2.17 bits per heavy atom. The number of nitrogens with one attached hydrogen (secondary N) is 1. The van der Waals surface area contributed by atoms with Crippen molar-refractivity contribution in [2.45, 2.75) is 26.1 Å². The first-order valence-electron chi connectivity index (χ1n) is 7.88. The molecule has 7 nitrogen and oxygen atoms in total. The van der Waals surface area contributed by atoms with Gasteiger partial charge in [0.2, 0.25) is 0 Å². The molecule has 2 aromatic heterocycles. The summed E-state index contributed by atoms with van der Waals surface area (Å²) in [7, 11) is 3.58. The second-order valence-electron chi connectivity index (χ2n) is 5.68. The van der Waals surface area contributed by atoms with Crippen LogP contribution in [0.25, 0.3) is 0 Å². The number of ether oxygens (including phenoxy) is 1. The van der Waals surface area contributed by atoms with Gasteiger partial charge in [0.15, 0.2) is 0 Å². The van der Waals surface area contributed by atoms with Crippen LogP contribution in [0.3, 0.4) is 0 Å². The molecular formula is C17H22N6O. The molecule has 2 heterocycles. The highest BCUT2D eigenvalue weighted by Gasteiger charge is 2.11. The number of methoxy groups -OCH3 is 1. The van der Waals surface area contributed by atoms with Gasteiger partial charge in [-0.15, -0.1) is 0 Å². The summed E-state index contributed by atoms with van der Waals surface area (Å²) >= 11 is 0. The highest BCUT2D eigenvalue weighted by molar-refractivity contribution is 5.38. The van der Waals surface area contributed by atoms with Gasteiger partial charge in [-0.2, -0.15) is 10.2 Å². The second kappa shape index (κ2) is 7.27. The lowest BCUT2D eigenvalue weighted by atomic mass is 10.0. The summed E-state index contributed by atoms with van der Waals surface area (Å²) in [6.45, 7) is 3.48. The van der Waals surface area contributed by atoms with Gasteiger partial charge in [0, 0.05) is 31.0 Å². The van der Waals surface area contributed by atoms with Gasteiger partial charge < -0.3 is 10.1 Å². The van der Waals surface area contributed by atoms with Crippen LogP contribution in [0, 0.1) is 0 Å². The summed E-state index contributed by atoms with van der Waals surface area (Å²) in [5, 5.41) is 11.8. The van der Waals surface area contributed by atoms with Crippen LogP contribution in [0.5, 0.6) is 5.75 Å². The first-order valence-corrected chi connectivity index (χ1v) is 7.88. The first kappa shape index (κ1) is 16.2. The van der Waals surface area contributed by atoms with E-state index in [-0.39, 0.29) is 6.04 Å². The monoisotopic (exact) mass is 326 g/mol. The Kier molecular flexibility index (Phi) is 4.90. The molecule has 1 N–H and O–H groups in total. The third-order valence-corrected chi connectivity index (χ3v) is 4.07. The Hall–Kier alpha value is -2.67. The maximum Gasteiger partial charge on any atom is 0.140 e. The fourth-order valence-electron chi connectivity index (χ4n) is 2.60. The fourth-order valence-corrected chi connectivity index (χ4v) is 2.60. The molecule has 0 spiro atoms. The maximum absolute atomic E-state index is 5.48. The van der Waals surface area contributed by atoms with Crippen molar-refractivity contribution >= 4 is 0 Å². The summed E-state index contributed by atoms with van der Waals surface area (Å²) in [5.74, 6) is 1.78. The van der Waals surface area contributed by atoms with E-state index in [1.807, 2.05) is 30.1 Å². The third kappa shape index (κ3) is 3.62. The van der Waals surface area contributed by atoms with E-state index in [1.165, 1.54) is 5.56 Å². The zero-order valence-electron chi connectivity index (χ0n) is 14.2. The number of hydrogen-bond acceptors (Lipinski definition) is 5. The van der Waals surface area contributed by atoms with Crippen LogP contribution in [-0.2, 0) is 20.1 Å². The molecule has 0 saturated heterocycles. The van der Waals surface area contributed by atoms with Crippen LogP contribution < -0.4 is 10.1 Å². The first-order chi connectivity index (χ1) is 11.7. The van der Waals surface area contributed by atoms with E-state index in [9.17, 15) is 0 Å². The van der Waals surface area contributed by atoms with Crippen molar-refractivity contribution in [2.24, 2.45) is 7.05 Å². The van der Waals surface area contributed by atoms with Gasteiger partial charge >= 0.3 is 0 Å². The molecule has 1 aromatic carbocycles. The number of rotatable bonds is 7. The normalized spacial score (nSPS) is 12.3. The molecular weight excluding hydrogens is 304 g/mol. The lowest BCUT2D eigenvalue weighted by Gasteiger charge is -2.17. The predicted molar refractivity (Wildman–Crippen MR) is 90.6 cm³/mol. The van der Waals surface area contributed by atoms with E-state index < -0.39 is 0 Å². The van der Waals surface area contributed by atoms with Gasteiger partial charge in [0.25, 0.3) is 0 Å². The Labute approximate surface area is 141 Å². The van der Waals surface area contributed by atoms with Gasteiger partial charge in [-0.25, -0.2) is 4.98 Å². The lowest BCUT2D eigenvalue weighted by Crippen LogP contribution is -2.20. The molecule has 0 unspecified atom stereocenters. The van der Waals surface area contributed by atoms with Crippen LogP contribution in [0.15, 0.2) is 43.0 Å². The summed E-state index contributed by atoms with van der Waals surface area (Å²) in [5.41, 5.74) is 2.30. The minimum atomic E-state index is 0.184. The molecule has 3 rings (SSSR count). The molecule has 0 saturated carbocycles. The zero-order chi connectivity index (χ0) is 16.9. The van der Waals surface area contributed by atoms with Crippen LogP contribution in [-0.4, -0.2) is 31.7 Å². The van der Waals surface area contributed by atoms with Crippen LogP contribution >= 0.6 is 0 Å². The molecule has 0 bridgehead atoms. The van der Waals surface area contributed by atoms with Crippen LogP contribution in [0.1, 0.15) is 29.9 Å². The molecule has 24 heavy (non-hydrogen) atoms. The quantitative estimate of drug-likeness (QED) is 0.718. The number of benzene rings is 1. The lowest BCUT2D eigenvalue weighted by molar-refractivity contribution is 0.406. The molecule has 1 atom stereocenters. The summed E-state index contributed by atoms with van der Waals surface area (Å²) in [4.78, 5) is 4.23. The average Bonchev–Trinajstić information content (AvgIpc) is 3.24. The summed E-state index contributed by atoms with van der Waals surface area (Å²) in [6.07, 6.45) is 5.29. The average molecular weight is 326 g/mol. The minimum Gasteiger partial charge on any atom is -0.496 e. The highest BCUT2D eigenvalue weighted by Crippen LogP contribution is 2.24. The second-order valence-corrected chi connectivity index (χ2v) is 5.68. The smallest absolute Gasteiger partial charge is 0.140 e. The van der Waals surface area contributed by atoms with E-state index in [2.05, 4.69) is 39.6 Å². The van der Waals surface area contributed by atoms with Crippen LogP contribution in [0.2, 0.25) is 0 Å². The molecule has 0 aliphatic rings. The van der Waals surface area contributed by atoms with Gasteiger partial charge in [0.1, 0.15) is 17.9 Å². The van der Waals surface area contributed by atoms with E-state index in [0.29, 0.717) is 13.1 Å². The van der Waals surface area contributed by atoms with E-state index >= 15 is 0 Å². The van der Waals surface area contributed by atoms with Crippen LogP contribution in [0.4, 0.5) is 0 Å². The van der Waals surface area contributed by atoms with Gasteiger partial charge in [-0.05, 0) is 30.7 Å². The maximum atomic E-state index is 5.48. The van der Waals surface area contributed by atoms with Crippen molar-refractivity contribution in [3.05, 3.63) is 59.9 Å². The third-order valence-electron chi connectivity index (χ3n) is 4.07. The summed E-state index contributed by atoms with van der Waals surface area (Å²) < 4.78 is 9.14. The Morgan fingerprint density at radius 1 is 1.29 bits per heavy atom. The molecule has 0 radical (unpaired) electrons. The number of aryl methyl sites for hydroxylation is 1. The predicted octanol–water partition coefficient (Wildman–Crippen LogP) is 1.92. The van der Waals surface area contributed by atoms with E-state index in [1.54, 1.807) is 24.3 Å². The molecule has 0 aliphatic carbocycles. The number of hydrogen-bond donors (Lipinski definition) is 1. The Morgan fingerprint density at radius 3 is 2.83 bits per heavy atom. The van der Waals surface area contributed by atoms with Crippen molar-refractivity contribution in [1.29, 1.82) is 0 Å². The van der Waals surface area contributed by atoms with E-state index in [4.69, 9.17) is 4.74 Å². The fraction of sp³-hybridized carbons (Fsp3) is 0.353. The molecule has 0 aliphatic heterocycles. The minimum absolute atomic E-state index is 0.184. The van der Waals surface area contributed by atoms with Gasteiger partial charge in [-0.3, -0.25) is 9.36 Å². The Bertz CT molecular complexity index is 780. The van der Waals surface area contributed by atoms with Crippen molar-refractivity contribution in [3.63, 3.8) is 0 Å². The largest absolute Gasteiger partial charge is 0.496 e. The molecule has 126 valence electrons. The SMILES string of the molecule is COc1ccc([C@@H](C)NCc2ncnn2C)cc1Cn1cccn1.